The Morgan fingerprint density at radius 3 is 1.95 bits per heavy atom. The van der Waals surface area contributed by atoms with Gasteiger partial charge in [-0.3, -0.25) is 9.59 Å². The standard InChI is InChI=1S/C15H21N3O3.ClH/c1-15(2,16)14(21)18-9-7-17(8-10-18)13(20)11-3-5-12(19)6-4-11;/h3-6,19H,7-10,16H2,1-2H3;1H. The predicted molar refractivity (Wildman–Crippen MR) is 86.1 cm³/mol. The van der Waals surface area contributed by atoms with Crippen LogP contribution in [0.3, 0.4) is 0 Å². The van der Waals surface area contributed by atoms with Crippen LogP contribution in [0, 0.1) is 0 Å². The van der Waals surface area contributed by atoms with Gasteiger partial charge in [0.25, 0.3) is 5.91 Å². The summed E-state index contributed by atoms with van der Waals surface area (Å²) in [4.78, 5) is 27.8. The van der Waals surface area contributed by atoms with Crippen molar-refractivity contribution in [3.05, 3.63) is 29.8 Å². The number of carbonyl (C=O) groups excluding carboxylic acids is 2. The fourth-order valence-corrected chi connectivity index (χ4v) is 2.31. The lowest BCUT2D eigenvalue weighted by molar-refractivity contribution is -0.137. The molecule has 1 fully saturated rings. The Morgan fingerprint density at radius 1 is 1.05 bits per heavy atom. The number of carbonyl (C=O) groups is 2. The Morgan fingerprint density at radius 2 is 1.50 bits per heavy atom. The highest BCUT2D eigenvalue weighted by atomic mass is 35.5. The van der Waals surface area contributed by atoms with E-state index in [1.54, 1.807) is 35.8 Å². The van der Waals surface area contributed by atoms with E-state index in [4.69, 9.17) is 5.73 Å². The molecular weight excluding hydrogens is 306 g/mol. The van der Waals surface area contributed by atoms with Crippen molar-refractivity contribution in [3.8, 4) is 5.75 Å². The van der Waals surface area contributed by atoms with Crippen LogP contribution in [0.25, 0.3) is 0 Å². The van der Waals surface area contributed by atoms with Crippen LogP contribution in [-0.2, 0) is 4.79 Å². The molecule has 1 aliphatic rings. The van der Waals surface area contributed by atoms with E-state index in [-0.39, 0.29) is 30.0 Å². The van der Waals surface area contributed by atoms with Crippen molar-refractivity contribution in [3.63, 3.8) is 0 Å². The summed E-state index contributed by atoms with van der Waals surface area (Å²) in [7, 11) is 0. The lowest BCUT2D eigenvalue weighted by Crippen LogP contribution is -2.57. The van der Waals surface area contributed by atoms with E-state index in [1.165, 1.54) is 12.1 Å². The van der Waals surface area contributed by atoms with E-state index in [2.05, 4.69) is 0 Å². The number of nitrogens with zero attached hydrogens (tertiary/aromatic N) is 2. The summed E-state index contributed by atoms with van der Waals surface area (Å²) in [5.74, 6) is -0.0551. The first kappa shape index (κ1) is 18.3. The average Bonchev–Trinajstić information content (AvgIpc) is 2.46. The molecule has 0 bridgehead atoms. The molecule has 2 amide bonds. The monoisotopic (exact) mass is 327 g/mol. The van der Waals surface area contributed by atoms with Gasteiger partial charge in [0.2, 0.25) is 5.91 Å². The van der Waals surface area contributed by atoms with E-state index in [0.717, 1.165) is 0 Å². The van der Waals surface area contributed by atoms with Gasteiger partial charge >= 0.3 is 0 Å². The zero-order valence-corrected chi connectivity index (χ0v) is 13.6. The molecule has 0 saturated carbocycles. The Hall–Kier alpha value is -1.79. The SMILES string of the molecule is CC(C)(N)C(=O)N1CCN(C(=O)c2ccc(O)cc2)CC1.Cl. The smallest absolute Gasteiger partial charge is 0.253 e. The third kappa shape index (κ3) is 4.11. The molecule has 1 aromatic carbocycles. The van der Waals surface area contributed by atoms with Crippen LogP contribution in [0.5, 0.6) is 5.75 Å². The van der Waals surface area contributed by atoms with Gasteiger partial charge in [0.15, 0.2) is 0 Å². The molecule has 0 aromatic heterocycles. The molecule has 1 aliphatic heterocycles. The summed E-state index contributed by atoms with van der Waals surface area (Å²) in [5.41, 5.74) is 5.46. The van der Waals surface area contributed by atoms with Crippen molar-refractivity contribution in [1.82, 2.24) is 9.80 Å². The van der Waals surface area contributed by atoms with Crippen LogP contribution in [0.2, 0.25) is 0 Å². The molecule has 0 atom stereocenters. The van der Waals surface area contributed by atoms with Gasteiger partial charge in [-0.15, -0.1) is 12.4 Å². The predicted octanol–water partition coefficient (Wildman–Crippen LogP) is 0.836. The first-order valence-electron chi connectivity index (χ1n) is 6.95. The maximum Gasteiger partial charge on any atom is 0.253 e. The van der Waals surface area contributed by atoms with Crippen LogP contribution in [0.15, 0.2) is 24.3 Å². The van der Waals surface area contributed by atoms with E-state index in [9.17, 15) is 14.7 Å². The number of piperazine rings is 1. The zero-order chi connectivity index (χ0) is 15.6. The van der Waals surface area contributed by atoms with Crippen molar-refractivity contribution in [2.24, 2.45) is 5.73 Å². The minimum atomic E-state index is -0.886. The Labute approximate surface area is 136 Å². The molecule has 1 aromatic rings. The van der Waals surface area contributed by atoms with Crippen molar-refractivity contribution in [1.29, 1.82) is 0 Å². The summed E-state index contributed by atoms with van der Waals surface area (Å²) in [6.07, 6.45) is 0. The summed E-state index contributed by atoms with van der Waals surface area (Å²) < 4.78 is 0. The van der Waals surface area contributed by atoms with Gasteiger partial charge in [-0.1, -0.05) is 0 Å². The Balaban J connectivity index is 0.00000242. The zero-order valence-electron chi connectivity index (χ0n) is 12.8. The average molecular weight is 328 g/mol. The quantitative estimate of drug-likeness (QED) is 0.842. The number of aromatic hydroxyl groups is 1. The largest absolute Gasteiger partial charge is 0.508 e. The van der Waals surface area contributed by atoms with Gasteiger partial charge in [-0.2, -0.15) is 0 Å². The minimum absolute atomic E-state index is 0. The van der Waals surface area contributed by atoms with Gasteiger partial charge in [0.05, 0.1) is 5.54 Å². The van der Waals surface area contributed by atoms with Crippen molar-refractivity contribution in [2.75, 3.05) is 26.2 Å². The number of nitrogens with two attached hydrogens (primary N) is 1. The molecule has 0 radical (unpaired) electrons. The fourth-order valence-electron chi connectivity index (χ4n) is 2.31. The molecule has 3 N–H and O–H groups in total. The Kier molecular flexibility index (Phi) is 5.79. The summed E-state index contributed by atoms with van der Waals surface area (Å²) in [5, 5.41) is 9.24. The molecule has 1 saturated heterocycles. The minimum Gasteiger partial charge on any atom is -0.508 e. The molecule has 7 heteroatoms. The maximum atomic E-state index is 12.3. The second kappa shape index (κ2) is 6.98. The van der Waals surface area contributed by atoms with Crippen LogP contribution in [-0.4, -0.2) is 58.4 Å². The molecule has 0 unspecified atom stereocenters. The number of hydrogen-bond donors (Lipinski definition) is 2. The fraction of sp³-hybridized carbons (Fsp3) is 0.467. The Bertz CT molecular complexity index is 532. The first-order valence-corrected chi connectivity index (χ1v) is 6.95. The highest BCUT2D eigenvalue weighted by Gasteiger charge is 2.31. The van der Waals surface area contributed by atoms with Crippen LogP contribution in [0.1, 0.15) is 24.2 Å². The maximum absolute atomic E-state index is 12.3. The molecule has 6 nitrogen and oxygen atoms in total. The number of amides is 2. The van der Waals surface area contributed by atoms with E-state index in [0.29, 0.717) is 31.7 Å². The van der Waals surface area contributed by atoms with Crippen molar-refractivity contribution >= 4 is 24.2 Å². The van der Waals surface area contributed by atoms with Gasteiger partial charge in [-0.25, -0.2) is 0 Å². The lowest BCUT2D eigenvalue weighted by Gasteiger charge is -2.37. The lowest BCUT2D eigenvalue weighted by atomic mass is 10.0. The summed E-state index contributed by atoms with van der Waals surface area (Å²) >= 11 is 0. The molecule has 122 valence electrons. The molecular formula is C15H22ClN3O3. The number of benzene rings is 1. The van der Waals surface area contributed by atoms with Crippen molar-refractivity contribution in [2.45, 2.75) is 19.4 Å². The normalized spacial score (nSPS) is 15.2. The first-order chi connectivity index (χ1) is 9.79. The number of rotatable bonds is 2. The molecule has 0 spiro atoms. The summed E-state index contributed by atoms with van der Waals surface area (Å²) in [6.45, 7) is 5.32. The van der Waals surface area contributed by atoms with Crippen LogP contribution >= 0.6 is 12.4 Å². The number of halogens is 1. The van der Waals surface area contributed by atoms with E-state index in [1.807, 2.05) is 0 Å². The van der Waals surface area contributed by atoms with Gasteiger partial charge in [0.1, 0.15) is 5.75 Å². The van der Waals surface area contributed by atoms with Gasteiger partial charge in [-0.05, 0) is 38.1 Å². The van der Waals surface area contributed by atoms with Gasteiger partial charge < -0.3 is 20.6 Å². The van der Waals surface area contributed by atoms with Crippen LogP contribution < -0.4 is 5.73 Å². The molecule has 0 aliphatic carbocycles. The highest BCUT2D eigenvalue weighted by Crippen LogP contribution is 2.14. The number of phenolic OH excluding ortho intramolecular Hbond substituents is 1. The molecule has 1 heterocycles. The summed E-state index contributed by atoms with van der Waals surface area (Å²) in [6, 6.07) is 6.17. The van der Waals surface area contributed by atoms with Crippen molar-refractivity contribution < 1.29 is 14.7 Å². The topological polar surface area (TPSA) is 86.9 Å². The second-order valence-corrected chi connectivity index (χ2v) is 5.85. The molecule has 2 rings (SSSR count). The number of phenols is 1. The number of hydrogen-bond acceptors (Lipinski definition) is 4. The second-order valence-electron chi connectivity index (χ2n) is 5.85. The van der Waals surface area contributed by atoms with E-state index >= 15 is 0 Å². The van der Waals surface area contributed by atoms with Crippen LogP contribution in [0.4, 0.5) is 0 Å². The molecule has 22 heavy (non-hydrogen) atoms. The van der Waals surface area contributed by atoms with Gasteiger partial charge in [0, 0.05) is 31.7 Å². The third-order valence-corrected chi connectivity index (χ3v) is 3.52. The third-order valence-electron chi connectivity index (χ3n) is 3.52. The van der Waals surface area contributed by atoms with E-state index < -0.39 is 5.54 Å². The highest BCUT2D eigenvalue weighted by molar-refractivity contribution is 5.94.